The Kier molecular flexibility index (Phi) is 4.10. The van der Waals surface area contributed by atoms with E-state index in [2.05, 4.69) is 4.98 Å². The van der Waals surface area contributed by atoms with Crippen LogP contribution < -0.4 is 5.63 Å². The molecule has 3 nitrogen and oxygen atoms in total. The summed E-state index contributed by atoms with van der Waals surface area (Å²) < 4.78 is 5.18. The first-order chi connectivity index (χ1) is 7.36. The van der Waals surface area contributed by atoms with E-state index in [0.29, 0.717) is 11.0 Å². The number of rotatable bonds is 0. The number of aromatic nitrogens is 1. The number of hydrogen-bond acceptors (Lipinski definition) is 3. The van der Waals surface area contributed by atoms with Crippen LogP contribution in [0.15, 0.2) is 51.9 Å². The smallest absolute Gasteiger partial charge is 0.345 e. The van der Waals surface area contributed by atoms with Gasteiger partial charge >= 0.3 is 5.63 Å². The molecule has 0 atom stereocenters. The molecule has 0 saturated carbocycles. The minimum absolute atomic E-state index is 0. The van der Waals surface area contributed by atoms with Gasteiger partial charge in [0.2, 0.25) is 0 Å². The summed E-state index contributed by atoms with van der Waals surface area (Å²) in [7, 11) is 0. The fraction of sp³-hybridized carbons (Fsp3) is 0. The van der Waals surface area contributed by atoms with E-state index >= 15 is 0 Å². The Labute approximate surface area is 109 Å². The number of nitrogens with zero attached hydrogens (tertiary/aromatic N) is 1. The molecule has 0 N–H and O–H groups in total. The predicted octanol–water partition coefficient (Wildman–Crippen LogP) is 3.18. The van der Waals surface area contributed by atoms with Gasteiger partial charge in [-0.2, -0.15) is 0 Å². The van der Waals surface area contributed by atoms with E-state index in [1.165, 1.54) is 6.20 Å². The lowest BCUT2D eigenvalue weighted by Gasteiger charge is -2.00. The van der Waals surface area contributed by atoms with Crippen molar-refractivity contribution in [3.63, 3.8) is 0 Å². The van der Waals surface area contributed by atoms with E-state index in [0.717, 1.165) is 10.8 Å². The maximum Gasteiger partial charge on any atom is 0.345 e. The summed E-state index contributed by atoms with van der Waals surface area (Å²) in [6.45, 7) is 0. The third-order valence-corrected chi connectivity index (χ3v) is 2.42. The summed E-state index contributed by atoms with van der Waals surface area (Å²) in [5.74, 6) is 0. The van der Waals surface area contributed by atoms with Crippen molar-refractivity contribution in [3.05, 3.63) is 53.1 Å². The fourth-order valence-corrected chi connectivity index (χ4v) is 1.72. The highest BCUT2D eigenvalue weighted by molar-refractivity contribution is 6.03. The van der Waals surface area contributed by atoms with Crippen LogP contribution in [0.25, 0.3) is 21.7 Å². The topological polar surface area (TPSA) is 43.1 Å². The van der Waals surface area contributed by atoms with Crippen LogP contribution in [-0.4, -0.2) is 4.98 Å². The molecule has 0 aliphatic carbocycles. The van der Waals surface area contributed by atoms with Gasteiger partial charge in [-0.15, -0.1) is 24.8 Å². The standard InChI is InChI=1S/C12H7NO2.2ClH/c14-12-10-7-13-6-5-8(10)9-3-1-2-4-11(9)15-12;;/h1-7H;2*1H. The Morgan fingerprint density at radius 3 is 2.53 bits per heavy atom. The highest BCUT2D eigenvalue weighted by Gasteiger charge is 2.05. The zero-order valence-electron chi connectivity index (χ0n) is 8.62. The van der Waals surface area contributed by atoms with Gasteiger partial charge in [-0.3, -0.25) is 4.98 Å². The van der Waals surface area contributed by atoms with E-state index in [9.17, 15) is 4.79 Å². The molecule has 3 aromatic rings. The third kappa shape index (κ3) is 2.12. The lowest BCUT2D eigenvalue weighted by Crippen LogP contribution is -1.99. The van der Waals surface area contributed by atoms with Gasteiger partial charge in [0.1, 0.15) is 5.58 Å². The van der Waals surface area contributed by atoms with Crippen molar-refractivity contribution < 1.29 is 4.42 Å². The quantitative estimate of drug-likeness (QED) is 0.465. The SMILES string of the molecule is Cl.Cl.O=c1oc2ccccc2c2ccncc12. The number of pyridine rings is 1. The van der Waals surface area contributed by atoms with Gasteiger partial charge in [0.25, 0.3) is 0 Å². The van der Waals surface area contributed by atoms with Crippen LogP contribution >= 0.6 is 24.8 Å². The van der Waals surface area contributed by atoms with Crippen molar-refractivity contribution in [1.29, 1.82) is 0 Å². The second-order valence-electron chi connectivity index (χ2n) is 3.31. The van der Waals surface area contributed by atoms with E-state index in [1.54, 1.807) is 12.3 Å². The highest BCUT2D eigenvalue weighted by atomic mass is 35.5. The van der Waals surface area contributed by atoms with E-state index in [-0.39, 0.29) is 30.4 Å². The minimum Gasteiger partial charge on any atom is -0.422 e. The zero-order valence-corrected chi connectivity index (χ0v) is 10.3. The number of hydrogen-bond donors (Lipinski definition) is 0. The molecule has 0 unspecified atom stereocenters. The first-order valence-corrected chi connectivity index (χ1v) is 4.62. The monoisotopic (exact) mass is 269 g/mol. The molecular weight excluding hydrogens is 261 g/mol. The average molecular weight is 270 g/mol. The van der Waals surface area contributed by atoms with Crippen molar-refractivity contribution in [2.45, 2.75) is 0 Å². The van der Waals surface area contributed by atoms with Gasteiger partial charge in [-0.05, 0) is 12.1 Å². The molecule has 2 heterocycles. The third-order valence-electron chi connectivity index (χ3n) is 2.42. The van der Waals surface area contributed by atoms with Crippen LogP contribution in [0.1, 0.15) is 0 Å². The van der Waals surface area contributed by atoms with Crippen LogP contribution in [0.3, 0.4) is 0 Å². The van der Waals surface area contributed by atoms with Gasteiger partial charge in [0.05, 0.1) is 5.39 Å². The molecule has 1 aromatic carbocycles. The summed E-state index contributed by atoms with van der Waals surface area (Å²) >= 11 is 0. The summed E-state index contributed by atoms with van der Waals surface area (Å²) in [4.78, 5) is 15.5. The maximum atomic E-state index is 11.6. The van der Waals surface area contributed by atoms with Crippen LogP contribution in [0.2, 0.25) is 0 Å². The summed E-state index contributed by atoms with van der Waals surface area (Å²) in [5, 5.41) is 2.35. The van der Waals surface area contributed by atoms with Crippen molar-refractivity contribution >= 4 is 46.6 Å². The lowest BCUT2D eigenvalue weighted by molar-refractivity contribution is 0.569. The van der Waals surface area contributed by atoms with Crippen LogP contribution in [0.4, 0.5) is 0 Å². The minimum atomic E-state index is -0.336. The lowest BCUT2D eigenvalue weighted by atomic mass is 10.1. The maximum absolute atomic E-state index is 11.6. The molecule has 0 spiro atoms. The molecule has 2 aromatic heterocycles. The summed E-state index contributed by atoms with van der Waals surface area (Å²) in [6, 6.07) is 9.31. The Balaban J connectivity index is 0.000000722. The van der Waals surface area contributed by atoms with Crippen molar-refractivity contribution in [1.82, 2.24) is 4.98 Å². The molecule has 0 aliphatic rings. The van der Waals surface area contributed by atoms with E-state index in [1.807, 2.05) is 24.3 Å². The van der Waals surface area contributed by atoms with Crippen LogP contribution in [0.5, 0.6) is 0 Å². The molecule has 0 fully saturated rings. The summed E-state index contributed by atoms with van der Waals surface area (Å²) in [6.07, 6.45) is 3.21. The Hall–Kier alpha value is -1.58. The molecule has 88 valence electrons. The van der Waals surface area contributed by atoms with Crippen LogP contribution in [0, 0.1) is 0 Å². The zero-order chi connectivity index (χ0) is 10.3. The molecule has 3 rings (SSSR count). The molecular formula is C12H9Cl2NO2. The van der Waals surface area contributed by atoms with Crippen LogP contribution in [-0.2, 0) is 0 Å². The van der Waals surface area contributed by atoms with Crippen molar-refractivity contribution in [3.8, 4) is 0 Å². The number of halogens is 2. The van der Waals surface area contributed by atoms with Gasteiger partial charge in [-0.1, -0.05) is 18.2 Å². The van der Waals surface area contributed by atoms with Gasteiger partial charge in [0, 0.05) is 23.2 Å². The van der Waals surface area contributed by atoms with E-state index < -0.39 is 0 Å². The second kappa shape index (κ2) is 5.17. The summed E-state index contributed by atoms with van der Waals surface area (Å²) in [5.41, 5.74) is 0.276. The molecule has 0 radical (unpaired) electrons. The first-order valence-electron chi connectivity index (χ1n) is 4.62. The fourth-order valence-electron chi connectivity index (χ4n) is 1.72. The first kappa shape index (κ1) is 13.5. The van der Waals surface area contributed by atoms with Crippen molar-refractivity contribution in [2.75, 3.05) is 0 Å². The molecule has 0 aliphatic heterocycles. The van der Waals surface area contributed by atoms with Gasteiger partial charge in [-0.25, -0.2) is 4.79 Å². The molecule has 0 amide bonds. The number of para-hydroxylation sites is 1. The van der Waals surface area contributed by atoms with Gasteiger partial charge < -0.3 is 4.42 Å². The molecule has 0 saturated heterocycles. The van der Waals surface area contributed by atoms with Crippen molar-refractivity contribution in [2.24, 2.45) is 0 Å². The Morgan fingerprint density at radius 2 is 1.71 bits per heavy atom. The predicted molar refractivity (Wildman–Crippen MR) is 72.3 cm³/mol. The Morgan fingerprint density at radius 1 is 0.941 bits per heavy atom. The molecule has 0 bridgehead atoms. The average Bonchev–Trinajstić information content (AvgIpc) is 2.30. The molecule has 17 heavy (non-hydrogen) atoms. The number of fused-ring (bicyclic) bond motifs is 3. The Bertz CT molecular complexity index is 709. The molecule has 5 heteroatoms. The highest BCUT2D eigenvalue weighted by Crippen LogP contribution is 2.20. The normalized spacial score (nSPS) is 9.65. The largest absolute Gasteiger partial charge is 0.422 e. The van der Waals surface area contributed by atoms with E-state index in [4.69, 9.17) is 4.42 Å². The second-order valence-corrected chi connectivity index (χ2v) is 3.31. The number of benzene rings is 1. The van der Waals surface area contributed by atoms with Gasteiger partial charge in [0.15, 0.2) is 0 Å².